The number of esters is 2. The summed E-state index contributed by atoms with van der Waals surface area (Å²) in [5, 5.41) is 6.33. The molecular formula is C36H30Cl4N4O5. The second-order valence-electron chi connectivity index (χ2n) is 11.0. The van der Waals surface area contributed by atoms with Gasteiger partial charge >= 0.3 is 11.9 Å². The SMILES string of the molecule is COC(=O)c1cc2cc(N)ccc2n1Cc1ccc(Cl)c(Cl)c1.COC(=O)c1cc2cc(NC(C)=O)ccc2n1Cc1ccc(Cl)c(Cl)c1. The van der Waals surface area contributed by atoms with Crippen molar-refractivity contribution in [3.8, 4) is 0 Å². The lowest BCUT2D eigenvalue weighted by Gasteiger charge is -2.11. The van der Waals surface area contributed by atoms with Crippen molar-refractivity contribution in [1.29, 1.82) is 0 Å². The molecule has 0 unspecified atom stereocenters. The summed E-state index contributed by atoms with van der Waals surface area (Å²) >= 11 is 24.1. The van der Waals surface area contributed by atoms with Crippen molar-refractivity contribution in [1.82, 2.24) is 9.13 Å². The van der Waals surface area contributed by atoms with Crippen LogP contribution < -0.4 is 11.1 Å². The van der Waals surface area contributed by atoms with Crippen molar-refractivity contribution in [3.05, 3.63) is 128 Å². The first-order chi connectivity index (χ1) is 23.4. The van der Waals surface area contributed by atoms with Crippen LogP contribution >= 0.6 is 46.4 Å². The van der Waals surface area contributed by atoms with Crippen molar-refractivity contribution in [3.63, 3.8) is 0 Å². The lowest BCUT2D eigenvalue weighted by Crippen LogP contribution is -2.11. The maximum Gasteiger partial charge on any atom is 0.354 e. The zero-order chi connectivity index (χ0) is 35.4. The predicted octanol–water partition coefficient (Wildman–Crippen LogP) is 9.11. The number of amides is 1. The Morgan fingerprint density at radius 2 is 1.10 bits per heavy atom. The van der Waals surface area contributed by atoms with Gasteiger partial charge in [0, 0.05) is 53.2 Å². The van der Waals surface area contributed by atoms with Gasteiger partial charge in [-0.3, -0.25) is 4.79 Å². The molecule has 0 bridgehead atoms. The van der Waals surface area contributed by atoms with Crippen molar-refractivity contribution < 1.29 is 23.9 Å². The summed E-state index contributed by atoms with van der Waals surface area (Å²) in [7, 11) is 2.70. The lowest BCUT2D eigenvalue weighted by atomic mass is 10.2. The predicted molar refractivity (Wildman–Crippen MR) is 196 cm³/mol. The van der Waals surface area contributed by atoms with E-state index in [1.807, 2.05) is 45.5 Å². The van der Waals surface area contributed by atoms with E-state index in [9.17, 15) is 14.4 Å². The van der Waals surface area contributed by atoms with E-state index in [-0.39, 0.29) is 5.91 Å². The van der Waals surface area contributed by atoms with Gasteiger partial charge in [0.1, 0.15) is 11.4 Å². The standard InChI is InChI=1S/C19H16Cl2N2O3.C17H14Cl2N2O2/c1-11(24)22-14-4-6-17-13(8-14)9-18(19(25)26-2)23(17)10-12-3-5-15(20)16(21)7-12;1-23-17(22)16-8-11-7-12(20)3-5-15(11)21(16)9-10-2-4-13(18)14(19)6-10/h3-9H,10H2,1-2H3,(H,22,24);2-8H,9,20H2,1H3. The summed E-state index contributed by atoms with van der Waals surface area (Å²) in [4.78, 5) is 35.6. The zero-order valence-corrected chi connectivity index (χ0v) is 29.5. The molecule has 13 heteroatoms. The Morgan fingerprint density at radius 1 is 0.633 bits per heavy atom. The fourth-order valence-corrected chi connectivity index (χ4v) is 6.01. The summed E-state index contributed by atoms with van der Waals surface area (Å²) in [6.07, 6.45) is 0. The minimum absolute atomic E-state index is 0.159. The van der Waals surface area contributed by atoms with Gasteiger partial charge < -0.3 is 29.7 Å². The van der Waals surface area contributed by atoms with Crippen molar-refractivity contribution in [2.24, 2.45) is 0 Å². The average Bonchev–Trinajstić information content (AvgIpc) is 3.61. The summed E-state index contributed by atoms with van der Waals surface area (Å²) in [6, 6.07) is 25.2. The normalized spacial score (nSPS) is 10.8. The number of halogens is 4. The van der Waals surface area contributed by atoms with Crippen molar-refractivity contribution in [2.45, 2.75) is 20.0 Å². The van der Waals surface area contributed by atoms with E-state index < -0.39 is 11.9 Å². The topological polar surface area (TPSA) is 118 Å². The van der Waals surface area contributed by atoms with Crippen LogP contribution in [0.4, 0.5) is 11.4 Å². The fraction of sp³-hybridized carbons (Fsp3) is 0.139. The number of rotatable bonds is 7. The third-order valence-corrected chi connectivity index (χ3v) is 9.06. The number of aromatic nitrogens is 2. The third kappa shape index (κ3) is 8.14. The Hall–Kier alpha value is -4.67. The highest BCUT2D eigenvalue weighted by Gasteiger charge is 2.18. The smallest absolute Gasteiger partial charge is 0.354 e. The Bertz CT molecular complexity index is 2230. The number of nitrogens with zero attached hydrogens (tertiary/aromatic N) is 2. The van der Waals surface area contributed by atoms with Crippen LogP contribution in [-0.4, -0.2) is 41.2 Å². The molecule has 0 aliphatic rings. The van der Waals surface area contributed by atoms with Gasteiger partial charge in [-0.2, -0.15) is 0 Å². The number of carbonyl (C=O) groups is 3. The number of benzene rings is 4. The Balaban J connectivity index is 0.000000192. The van der Waals surface area contributed by atoms with Gasteiger partial charge in [-0.1, -0.05) is 58.5 Å². The molecule has 3 N–H and O–H groups in total. The number of methoxy groups -OCH3 is 2. The van der Waals surface area contributed by atoms with Crippen LogP contribution in [0.2, 0.25) is 20.1 Å². The molecule has 9 nitrogen and oxygen atoms in total. The molecule has 0 atom stereocenters. The van der Waals surface area contributed by atoms with Crippen LogP contribution in [0.1, 0.15) is 39.0 Å². The van der Waals surface area contributed by atoms with Gasteiger partial charge in [-0.25, -0.2) is 9.59 Å². The van der Waals surface area contributed by atoms with Crippen LogP contribution in [0.3, 0.4) is 0 Å². The van der Waals surface area contributed by atoms with Crippen LogP contribution in [0.25, 0.3) is 21.8 Å². The van der Waals surface area contributed by atoms with E-state index in [1.54, 1.807) is 48.5 Å². The molecule has 0 saturated carbocycles. The molecule has 49 heavy (non-hydrogen) atoms. The van der Waals surface area contributed by atoms with E-state index >= 15 is 0 Å². The molecule has 6 aromatic rings. The first-order valence-corrected chi connectivity index (χ1v) is 16.2. The number of anilines is 2. The minimum atomic E-state index is -0.442. The molecular weight excluding hydrogens is 710 g/mol. The van der Waals surface area contributed by atoms with Crippen molar-refractivity contribution >= 4 is 97.4 Å². The minimum Gasteiger partial charge on any atom is -0.464 e. The summed E-state index contributed by atoms with van der Waals surface area (Å²) in [6.45, 7) is 2.33. The fourth-order valence-electron chi connectivity index (χ4n) is 5.37. The number of nitrogens with one attached hydrogen (secondary N) is 1. The first-order valence-electron chi connectivity index (χ1n) is 14.7. The lowest BCUT2D eigenvalue weighted by molar-refractivity contribution is -0.114. The molecule has 0 aliphatic heterocycles. The maximum absolute atomic E-state index is 12.2. The quantitative estimate of drug-likeness (QED) is 0.125. The van der Waals surface area contributed by atoms with Gasteiger partial charge in [0.25, 0.3) is 0 Å². The number of nitrogen functional groups attached to an aromatic ring is 1. The van der Waals surface area contributed by atoms with Gasteiger partial charge in [-0.15, -0.1) is 0 Å². The molecule has 0 radical (unpaired) electrons. The van der Waals surface area contributed by atoms with Gasteiger partial charge in [0.15, 0.2) is 0 Å². The Kier molecular flexibility index (Phi) is 11.1. The molecule has 252 valence electrons. The molecule has 1 amide bonds. The maximum atomic E-state index is 12.2. The van der Waals surface area contributed by atoms with Gasteiger partial charge in [-0.05, 0) is 83.9 Å². The van der Waals surface area contributed by atoms with Crippen LogP contribution in [-0.2, 0) is 27.4 Å². The number of nitrogens with two attached hydrogens (primary N) is 1. The highest BCUT2D eigenvalue weighted by molar-refractivity contribution is 6.42. The zero-order valence-electron chi connectivity index (χ0n) is 26.5. The second kappa shape index (κ2) is 15.3. The number of carbonyl (C=O) groups excluding carboxylic acids is 3. The Labute approximate surface area is 302 Å². The monoisotopic (exact) mass is 738 g/mol. The van der Waals surface area contributed by atoms with Crippen LogP contribution in [0.15, 0.2) is 84.9 Å². The van der Waals surface area contributed by atoms with E-state index in [0.717, 1.165) is 32.9 Å². The summed E-state index contributed by atoms with van der Waals surface area (Å²) < 4.78 is 13.5. The highest BCUT2D eigenvalue weighted by atomic mass is 35.5. The molecule has 0 aliphatic carbocycles. The van der Waals surface area contributed by atoms with Crippen LogP contribution in [0.5, 0.6) is 0 Å². The Morgan fingerprint density at radius 3 is 1.55 bits per heavy atom. The highest BCUT2D eigenvalue weighted by Crippen LogP contribution is 2.29. The number of hydrogen-bond acceptors (Lipinski definition) is 6. The molecule has 6 rings (SSSR count). The molecule has 4 aromatic carbocycles. The summed E-state index contributed by atoms with van der Waals surface area (Å²) in [5.41, 5.74) is 11.5. The van der Waals surface area contributed by atoms with Gasteiger partial charge in [0.05, 0.1) is 34.3 Å². The molecule has 0 fully saturated rings. The van der Waals surface area contributed by atoms with E-state index in [4.69, 9.17) is 61.6 Å². The second-order valence-corrected chi connectivity index (χ2v) is 12.6. The molecule has 0 spiro atoms. The average molecular weight is 740 g/mol. The van der Waals surface area contributed by atoms with E-state index in [0.29, 0.717) is 55.9 Å². The third-order valence-electron chi connectivity index (χ3n) is 7.59. The number of fused-ring (bicyclic) bond motifs is 2. The number of hydrogen-bond donors (Lipinski definition) is 2. The summed E-state index contributed by atoms with van der Waals surface area (Å²) in [5.74, 6) is -1.00. The molecule has 2 heterocycles. The van der Waals surface area contributed by atoms with Crippen LogP contribution in [0, 0.1) is 0 Å². The van der Waals surface area contributed by atoms with E-state index in [2.05, 4.69) is 5.32 Å². The number of ether oxygens (including phenoxy) is 2. The first kappa shape index (κ1) is 35.6. The van der Waals surface area contributed by atoms with E-state index in [1.165, 1.54) is 21.1 Å². The van der Waals surface area contributed by atoms with Crippen molar-refractivity contribution in [2.75, 3.05) is 25.3 Å². The largest absolute Gasteiger partial charge is 0.464 e. The molecule has 0 saturated heterocycles. The van der Waals surface area contributed by atoms with Gasteiger partial charge in [0.2, 0.25) is 5.91 Å². The molecule has 2 aromatic heterocycles.